The van der Waals surface area contributed by atoms with Gasteiger partial charge in [0.2, 0.25) is 0 Å². The van der Waals surface area contributed by atoms with Crippen molar-refractivity contribution in [2.24, 2.45) is 0 Å². The second-order valence-corrected chi connectivity index (χ2v) is 3.69. The number of fused-ring (bicyclic) bond motifs is 3. The van der Waals surface area contributed by atoms with E-state index in [1.807, 2.05) is 6.92 Å². The molecule has 0 spiro atoms. The highest BCUT2D eigenvalue weighted by Gasteiger charge is 2.12. The highest BCUT2D eigenvalue weighted by Crippen LogP contribution is 2.21. The van der Waals surface area contributed by atoms with E-state index < -0.39 is 0 Å². The van der Waals surface area contributed by atoms with Crippen LogP contribution in [-0.2, 0) is 0 Å². The van der Waals surface area contributed by atoms with Gasteiger partial charge >= 0.3 is 0 Å². The summed E-state index contributed by atoms with van der Waals surface area (Å²) >= 11 is 0. The average molecular weight is 216 g/mol. The molecule has 80 valence electrons. The molecule has 4 nitrogen and oxygen atoms in total. The summed E-state index contributed by atoms with van der Waals surface area (Å²) in [4.78, 5) is 8.43. The van der Waals surface area contributed by atoms with E-state index in [9.17, 15) is 4.39 Å². The van der Waals surface area contributed by atoms with Crippen molar-refractivity contribution in [1.29, 1.82) is 0 Å². The zero-order valence-corrected chi connectivity index (χ0v) is 8.90. The summed E-state index contributed by atoms with van der Waals surface area (Å²) < 4.78 is 15.3. The Balaban J connectivity index is 2.63. The van der Waals surface area contributed by atoms with Crippen LogP contribution in [0.5, 0.6) is 0 Å². The number of aromatic nitrogens is 4. The molecule has 0 fully saturated rings. The monoisotopic (exact) mass is 216 g/mol. The maximum Gasteiger partial charge on any atom is 0.169 e. The van der Waals surface area contributed by atoms with Gasteiger partial charge in [-0.3, -0.25) is 0 Å². The highest BCUT2D eigenvalue weighted by molar-refractivity contribution is 5.92. The first kappa shape index (κ1) is 9.21. The molecule has 0 aliphatic rings. The van der Waals surface area contributed by atoms with Crippen LogP contribution in [0, 0.1) is 19.7 Å². The van der Waals surface area contributed by atoms with Crippen LogP contribution in [0.2, 0.25) is 0 Å². The molecule has 3 rings (SSSR count). The first-order chi connectivity index (χ1) is 7.66. The lowest BCUT2D eigenvalue weighted by molar-refractivity contribution is 0.640. The van der Waals surface area contributed by atoms with Crippen LogP contribution < -0.4 is 0 Å². The van der Waals surface area contributed by atoms with Crippen molar-refractivity contribution in [3.63, 3.8) is 0 Å². The highest BCUT2D eigenvalue weighted by atomic mass is 19.1. The molecule has 1 aromatic carbocycles. The van der Waals surface area contributed by atoms with Crippen LogP contribution >= 0.6 is 0 Å². The number of benzene rings is 1. The molecule has 0 atom stereocenters. The Labute approximate surface area is 90.8 Å². The Kier molecular flexibility index (Phi) is 1.71. The Hall–Kier alpha value is -2.04. The summed E-state index contributed by atoms with van der Waals surface area (Å²) in [5.74, 6) is 1.03. The van der Waals surface area contributed by atoms with E-state index in [4.69, 9.17) is 0 Å². The van der Waals surface area contributed by atoms with Gasteiger partial charge in [-0.25, -0.2) is 14.4 Å². The van der Waals surface area contributed by atoms with E-state index in [1.165, 1.54) is 6.07 Å². The molecule has 0 unspecified atom stereocenters. The number of halogens is 1. The molecule has 0 amide bonds. The van der Waals surface area contributed by atoms with Gasteiger partial charge in [0.25, 0.3) is 0 Å². The van der Waals surface area contributed by atoms with E-state index >= 15 is 0 Å². The molecule has 0 saturated carbocycles. The van der Waals surface area contributed by atoms with E-state index in [2.05, 4.69) is 15.1 Å². The third-order valence-electron chi connectivity index (χ3n) is 2.52. The summed E-state index contributed by atoms with van der Waals surface area (Å²) in [6.07, 6.45) is 0. The molecule has 0 aliphatic carbocycles. The van der Waals surface area contributed by atoms with E-state index in [0.29, 0.717) is 28.2 Å². The average Bonchev–Trinajstić information content (AvgIpc) is 2.58. The van der Waals surface area contributed by atoms with E-state index in [-0.39, 0.29) is 5.82 Å². The van der Waals surface area contributed by atoms with Crippen LogP contribution in [-0.4, -0.2) is 19.6 Å². The van der Waals surface area contributed by atoms with Crippen molar-refractivity contribution >= 4 is 16.6 Å². The minimum Gasteiger partial charge on any atom is -0.219 e. The molecular weight excluding hydrogens is 207 g/mol. The number of hydrogen-bond acceptors (Lipinski definition) is 3. The van der Waals surface area contributed by atoms with E-state index in [0.717, 1.165) is 0 Å². The third kappa shape index (κ3) is 1.11. The molecular formula is C11H9FN4. The predicted octanol–water partition coefficient (Wildman–Crippen LogP) is 2.03. The largest absolute Gasteiger partial charge is 0.219 e. The van der Waals surface area contributed by atoms with Gasteiger partial charge in [-0.05, 0) is 26.0 Å². The van der Waals surface area contributed by atoms with Crippen molar-refractivity contribution in [2.45, 2.75) is 13.8 Å². The first-order valence-corrected chi connectivity index (χ1v) is 4.95. The van der Waals surface area contributed by atoms with Crippen LogP contribution in [0.15, 0.2) is 18.2 Å². The van der Waals surface area contributed by atoms with Gasteiger partial charge in [0, 0.05) is 0 Å². The summed E-state index contributed by atoms with van der Waals surface area (Å²) in [6, 6.07) is 4.82. The van der Waals surface area contributed by atoms with Crippen molar-refractivity contribution in [2.75, 3.05) is 0 Å². The summed E-state index contributed by atoms with van der Waals surface area (Å²) in [6.45, 7) is 3.61. The lowest BCUT2D eigenvalue weighted by Crippen LogP contribution is -2.01. The predicted molar refractivity (Wildman–Crippen MR) is 57.7 cm³/mol. The van der Waals surface area contributed by atoms with Crippen LogP contribution in [0.4, 0.5) is 4.39 Å². The Morgan fingerprint density at radius 2 is 2.00 bits per heavy atom. The van der Waals surface area contributed by atoms with Crippen LogP contribution in [0.1, 0.15) is 11.6 Å². The SMILES string of the molecule is Cc1nc(C)n2nc3cccc(F)c3c2n1. The maximum absolute atomic E-state index is 13.7. The summed E-state index contributed by atoms with van der Waals surface area (Å²) in [7, 11) is 0. The topological polar surface area (TPSA) is 43.1 Å². The van der Waals surface area contributed by atoms with Gasteiger partial charge in [-0.1, -0.05) is 6.07 Å². The fraction of sp³-hybridized carbons (Fsp3) is 0.182. The molecule has 2 heterocycles. The molecule has 0 N–H and O–H groups in total. The van der Waals surface area contributed by atoms with Gasteiger partial charge < -0.3 is 0 Å². The minimum absolute atomic E-state index is 0.301. The zero-order valence-electron chi connectivity index (χ0n) is 8.90. The maximum atomic E-state index is 13.7. The smallest absolute Gasteiger partial charge is 0.169 e. The number of aryl methyl sites for hydroxylation is 2. The van der Waals surface area contributed by atoms with Gasteiger partial charge in [-0.15, -0.1) is 0 Å². The summed E-state index contributed by atoms with van der Waals surface area (Å²) in [5, 5.41) is 4.72. The molecule has 3 aromatic rings. The fourth-order valence-electron chi connectivity index (χ4n) is 1.87. The molecule has 16 heavy (non-hydrogen) atoms. The lowest BCUT2D eigenvalue weighted by atomic mass is 10.2. The fourth-order valence-corrected chi connectivity index (χ4v) is 1.87. The number of hydrogen-bond donors (Lipinski definition) is 0. The standard InChI is InChI=1S/C11H9FN4/c1-6-13-7(2)16-11(14-6)10-8(12)4-3-5-9(10)15-16/h3-5H,1-2H3. The van der Waals surface area contributed by atoms with Gasteiger partial charge in [0.15, 0.2) is 5.65 Å². The zero-order chi connectivity index (χ0) is 11.3. The quantitative estimate of drug-likeness (QED) is 0.577. The Bertz CT molecular complexity index is 702. The lowest BCUT2D eigenvalue weighted by Gasteiger charge is -1.98. The van der Waals surface area contributed by atoms with Crippen molar-refractivity contribution in [3.05, 3.63) is 35.7 Å². The molecule has 2 aromatic heterocycles. The summed E-state index contributed by atoms with van der Waals surface area (Å²) in [5.41, 5.74) is 1.13. The van der Waals surface area contributed by atoms with Crippen molar-refractivity contribution in [1.82, 2.24) is 19.6 Å². The molecule has 0 bridgehead atoms. The Morgan fingerprint density at radius 3 is 2.81 bits per heavy atom. The van der Waals surface area contributed by atoms with Crippen molar-refractivity contribution < 1.29 is 4.39 Å². The Morgan fingerprint density at radius 1 is 1.19 bits per heavy atom. The minimum atomic E-state index is -0.301. The molecule has 0 radical (unpaired) electrons. The van der Waals surface area contributed by atoms with Crippen molar-refractivity contribution in [3.8, 4) is 0 Å². The molecule has 0 aliphatic heterocycles. The second kappa shape index (κ2) is 2.98. The van der Waals surface area contributed by atoms with Gasteiger partial charge in [0.1, 0.15) is 17.5 Å². The number of rotatable bonds is 0. The van der Waals surface area contributed by atoms with Gasteiger partial charge in [0.05, 0.1) is 10.9 Å². The second-order valence-electron chi connectivity index (χ2n) is 3.69. The number of nitrogens with zero attached hydrogens (tertiary/aromatic N) is 4. The van der Waals surface area contributed by atoms with E-state index in [1.54, 1.807) is 23.6 Å². The molecule has 5 heteroatoms. The molecule has 0 saturated heterocycles. The third-order valence-corrected chi connectivity index (χ3v) is 2.52. The first-order valence-electron chi connectivity index (χ1n) is 4.95. The van der Waals surface area contributed by atoms with Gasteiger partial charge in [-0.2, -0.15) is 9.61 Å². The van der Waals surface area contributed by atoms with Crippen LogP contribution in [0.25, 0.3) is 16.6 Å². The van der Waals surface area contributed by atoms with Crippen LogP contribution in [0.3, 0.4) is 0 Å². The normalized spacial score (nSPS) is 11.4.